The summed E-state index contributed by atoms with van der Waals surface area (Å²) in [6.45, 7) is 9.93. The SMILES string of the molecule is CCOc1ccccc1-c1nn(C)cc1CNC(C)(C)C. The Morgan fingerprint density at radius 2 is 1.95 bits per heavy atom. The molecule has 0 unspecified atom stereocenters. The first-order chi connectivity index (χ1) is 9.90. The molecule has 4 heteroatoms. The summed E-state index contributed by atoms with van der Waals surface area (Å²) in [4.78, 5) is 0. The second kappa shape index (κ2) is 6.31. The van der Waals surface area contributed by atoms with Gasteiger partial charge >= 0.3 is 0 Å². The smallest absolute Gasteiger partial charge is 0.128 e. The van der Waals surface area contributed by atoms with Crippen molar-refractivity contribution in [3.63, 3.8) is 0 Å². The van der Waals surface area contributed by atoms with Gasteiger partial charge in [0.1, 0.15) is 11.4 Å². The van der Waals surface area contributed by atoms with E-state index in [-0.39, 0.29) is 5.54 Å². The van der Waals surface area contributed by atoms with Crippen molar-refractivity contribution in [1.29, 1.82) is 0 Å². The van der Waals surface area contributed by atoms with Crippen LogP contribution in [-0.4, -0.2) is 21.9 Å². The molecule has 1 aromatic heterocycles. The van der Waals surface area contributed by atoms with Gasteiger partial charge in [-0.3, -0.25) is 4.68 Å². The van der Waals surface area contributed by atoms with Crippen LogP contribution in [0, 0.1) is 0 Å². The Hall–Kier alpha value is -1.81. The number of ether oxygens (including phenoxy) is 1. The molecule has 4 nitrogen and oxygen atoms in total. The zero-order chi connectivity index (χ0) is 15.5. The van der Waals surface area contributed by atoms with Gasteiger partial charge in [-0.1, -0.05) is 12.1 Å². The maximum atomic E-state index is 5.73. The van der Waals surface area contributed by atoms with E-state index in [1.165, 1.54) is 5.56 Å². The number of aryl methyl sites for hydroxylation is 1. The molecule has 1 N–H and O–H groups in total. The summed E-state index contributed by atoms with van der Waals surface area (Å²) >= 11 is 0. The first-order valence-corrected chi connectivity index (χ1v) is 7.40. The van der Waals surface area contributed by atoms with Crippen LogP contribution in [0.25, 0.3) is 11.3 Å². The predicted molar refractivity (Wildman–Crippen MR) is 86.4 cm³/mol. The number of benzene rings is 1. The first-order valence-electron chi connectivity index (χ1n) is 7.40. The van der Waals surface area contributed by atoms with Crippen molar-refractivity contribution >= 4 is 0 Å². The Morgan fingerprint density at radius 3 is 2.62 bits per heavy atom. The number of para-hydroxylation sites is 1. The second-order valence-corrected chi connectivity index (χ2v) is 6.21. The molecule has 0 fully saturated rings. The molecule has 0 saturated carbocycles. The lowest BCUT2D eigenvalue weighted by molar-refractivity contribution is 0.341. The number of nitrogens with one attached hydrogen (secondary N) is 1. The molecule has 114 valence electrons. The summed E-state index contributed by atoms with van der Waals surface area (Å²) in [6.07, 6.45) is 2.07. The van der Waals surface area contributed by atoms with Crippen molar-refractivity contribution in [3.8, 4) is 17.0 Å². The summed E-state index contributed by atoms with van der Waals surface area (Å²) in [6, 6.07) is 8.07. The third-order valence-electron chi connectivity index (χ3n) is 3.16. The Morgan fingerprint density at radius 1 is 1.24 bits per heavy atom. The van der Waals surface area contributed by atoms with Crippen molar-refractivity contribution in [2.45, 2.75) is 39.8 Å². The van der Waals surface area contributed by atoms with Crippen LogP contribution in [-0.2, 0) is 13.6 Å². The van der Waals surface area contributed by atoms with Crippen molar-refractivity contribution in [1.82, 2.24) is 15.1 Å². The molecule has 0 aliphatic heterocycles. The van der Waals surface area contributed by atoms with E-state index in [4.69, 9.17) is 4.74 Å². The molecular formula is C17H25N3O. The zero-order valence-electron chi connectivity index (χ0n) is 13.6. The third kappa shape index (κ3) is 4.08. The van der Waals surface area contributed by atoms with Gasteiger partial charge < -0.3 is 10.1 Å². The Kier molecular flexibility index (Phi) is 4.68. The number of hydrogen-bond acceptors (Lipinski definition) is 3. The number of nitrogens with zero attached hydrogens (tertiary/aromatic N) is 2. The molecule has 0 bridgehead atoms. The standard InChI is InChI=1S/C17H25N3O/c1-6-21-15-10-8-7-9-14(15)16-13(12-20(5)19-16)11-18-17(2,3)4/h7-10,12,18H,6,11H2,1-5H3. The minimum Gasteiger partial charge on any atom is -0.493 e. The molecule has 21 heavy (non-hydrogen) atoms. The Labute approximate surface area is 127 Å². The summed E-state index contributed by atoms with van der Waals surface area (Å²) in [5.41, 5.74) is 3.29. The maximum Gasteiger partial charge on any atom is 0.128 e. The van der Waals surface area contributed by atoms with Crippen LogP contribution < -0.4 is 10.1 Å². The van der Waals surface area contributed by atoms with Crippen molar-refractivity contribution in [2.24, 2.45) is 7.05 Å². The monoisotopic (exact) mass is 287 g/mol. The van der Waals surface area contributed by atoms with Crippen LogP contribution in [0.4, 0.5) is 0 Å². The highest BCUT2D eigenvalue weighted by atomic mass is 16.5. The van der Waals surface area contributed by atoms with Gasteiger partial charge in [-0.15, -0.1) is 0 Å². The molecule has 0 saturated heterocycles. The molecule has 0 atom stereocenters. The highest BCUT2D eigenvalue weighted by Crippen LogP contribution is 2.31. The van der Waals surface area contributed by atoms with E-state index in [0.717, 1.165) is 23.6 Å². The largest absolute Gasteiger partial charge is 0.493 e. The van der Waals surface area contributed by atoms with Gasteiger partial charge in [0.15, 0.2) is 0 Å². The fourth-order valence-corrected chi connectivity index (χ4v) is 2.20. The van der Waals surface area contributed by atoms with Crippen LogP contribution in [0.3, 0.4) is 0 Å². The summed E-state index contributed by atoms with van der Waals surface area (Å²) in [7, 11) is 1.95. The fraction of sp³-hybridized carbons (Fsp3) is 0.471. The van der Waals surface area contributed by atoms with E-state index in [0.29, 0.717) is 6.61 Å². The molecule has 2 rings (SSSR count). The highest BCUT2D eigenvalue weighted by Gasteiger charge is 2.16. The van der Waals surface area contributed by atoms with Gasteiger partial charge in [0, 0.05) is 36.5 Å². The third-order valence-corrected chi connectivity index (χ3v) is 3.16. The van der Waals surface area contributed by atoms with Crippen LogP contribution >= 0.6 is 0 Å². The van der Waals surface area contributed by atoms with E-state index in [2.05, 4.69) is 43.4 Å². The molecule has 0 aliphatic rings. The van der Waals surface area contributed by atoms with Crippen molar-refractivity contribution in [2.75, 3.05) is 6.61 Å². The lowest BCUT2D eigenvalue weighted by atomic mass is 10.1. The van der Waals surface area contributed by atoms with Crippen LogP contribution in [0.1, 0.15) is 33.3 Å². The first kappa shape index (κ1) is 15.6. The van der Waals surface area contributed by atoms with Gasteiger partial charge in [-0.25, -0.2) is 0 Å². The molecule has 0 amide bonds. The van der Waals surface area contributed by atoms with E-state index < -0.39 is 0 Å². The van der Waals surface area contributed by atoms with Gasteiger partial charge in [-0.2, -0.15) is 5.10 Å². The molecule has 1 aromatic carbocycles. The topological polar surface area (TPSA) is 39.1 Å². The highest BCUT2D eigenvalue weighted by molar-refractivity contribution is 5.69. The van der Waals surface area contributed by atoms with E-state index in [1.54, 1.807) is 0 Å². The molecule has 0 aliphatic carbocycles. The van der Waals surface area contributed by atoms with Crippen LogP contribution in [0.5, 0.6) is 5.75 Å². The lowest BCUT2D eigenvalue weighted by Gasteiger charge is -2.20. The molecule has 0 spiro atoms. The van der Waals surface area contributed by atoms with Crippen LogP contribution in [0.2, 0.25) is 0 Å². The molecule has 1 heterocycles. The van der Waals surface area contributed by atoms with Gasteiger partial charge in [-0.05, 0) is 39.8 Å². The second-order valence-electron chi connectivity index (χ2n) is 6.21. The minimum atomic E-state index is 0.0759. The lowest BCUT2D eigenvalue weighted by Crippen LogP contribution is -2.35. The Balaban J connectivity index is 2.36. The number of rotatable bonds is 5. The maximum absolute atomic E-state index is 5.73. The number of aromatic nitrogens is 2. The average Bonchev–Trinajstić information content (AvgIpc) is 2.78. The summed E-state index contributed by atoms with van der Waals surface area (Å²) in [5, 5.41) is 8.14. The molecule has 0 radical (unpaired) electrons. The Bertz CT molecular complexity index is 596. The van der Waals surface area contributed by atoms with E-state index in [1.807, 2.05) is 36.9 Å². The van der Waals surface area contributed by atoms with E-state index >= 15 is 0 Å². The van der Waals surface area contributed by atoms with Gasteiger partial charge in [0.2, 0.25) is 0 Å². The quantitative estimate of drug-likeness (QED) is 0.916. The zero-order valence-corrected chi connectivity index (χ0v) is 13.6. The molecular weight excluding hydrogens is 262 g/mol. The van der Waals surface area contributed by atoms with Gasteiger partial charge in [0.05, 0.1) is 6.61 Å². The normalized spacial score (nSPS) is 11.7. The number of hydrogen-bond donors (Lipinski definition) is 1. The average molecular weight is 287 g/mol. The van der Waals surface area contributed by atoms with E-state index in [9.17, 15) is 0 Å². The van der Waals surface area contributed by atoms with Gasteiger partial charge in [0.25, 0.3) is 0 Å². The van der Waals surface area contributed by atoms with Crippen molar-refractivity contribution in [3.05, 3.63) is 36.0 Å². The fourth-order valence-electron chi connectivity index (χ4n) is 2.20. The van der Waals surface area contributed by atoms with Crippen LogP contribution in [0.15, 0.2) is 30.5 Å². The van der Waals surface area contributed by atoms with Crippen molar-refractivity contribution < 1.29 is 4.74 Å². The summed E-state index contributed by atoms with van der Waals surface area (Å²) in [5.74, 6) is 0.885. The predicted octanol–water partition coefficient (Wildman–Crippen LogP) is 3.37. The molecule has 2 aromatic rings. The minimum absolute atomic E-state index is 0.0759. The summed E-state index contributed by atoms with van der Waals surface area (Å²) < 4.78 is 7.59.